The van der Waals surface area contributed by atoms with Gasteiger partial charge in [-0.1, -0.05) is 29.8 Å². The summed E-state index contributed by atoms with van der Waals surface area (Å²) in [6.45, 7) is 5.80. The van der Waals surface area contributed by atoms with Crippen LogP contribution in [0.1, 0.15) is 33.6 Å². The average Bonchev–Trinajstić information content (AvgIpc) is 2.72. The van der Waals surface area contributed by atoms with E-state index in [0.29, 0.717) is 18.5 Å². The molecule has 112 valence electrons. The molecule has 1 aliphatic heterocycles. The summed E-state index contributed by atoms with van der Waals surface area (Å²) in [5, 5.41) is 2.89. The van der Waals surface area contributed by atoms with Gasteiger partial charge in [-0.2, -0.15) is 0 Å². The van der Waals surface area contributed by atoms with Crippen molar-refractivity contribution in [3.63, 3.8) is 0 Å². The first kappa shape index (κ1) is 14.6. The Labute approximate surface area is 132 Å². The number of hydrogen-bond acceptors (Lipinski definition) is 3. The number of rotatable bonds is 2. The first-order valence-corrected chi connectivity index (χ1v) is 7.83. The Balaban J connectivity index is 1.91. The molecule has 3 rings (SSSR count). The minimum absolute atomic E-state index is 0.232. The molecule has 1 amide bonds. The van der Waals surface area contributed by atoms with Crippen LogP contribution in [-0.2, 0) is 14.3 Å². The van der Waals surface area contributed by atoms with Crippen molar-refractivity contribution in [2.45, 2.75) is 39.2 Å². The lowest BCUT2D eigenvalue weighted by molar-refractivity contribution is -0.165. The van der Waals surface area contributed by atoms with Crippen molar-refractivity contribution in [1.29, 1.82) is 0 Å². The second kappa shape index (κ2) is 4.32. The summed E-state index contributed by atoms with van der Waals surface area (Å²) in [7, 11) is 0. The van der Waals surface area contributed by atoms with E-state index in [0.717, 1.165) is 4.47 Å². The zero-order chi connectivity index (χ0) is 15.5. The summed E-state index contributed by atoms with van der Waals surface area (Å²) in [5.41, 5.74) is -1.46. The van der Waals surface area contributed by atoms with Gasteiger partial charge in [0.15, 0.2) is 5.60 Å². The lowest BCUT2D eigenvalue weighted by Crippen LogP contribution is -2.50. The van der Waals surface area contributed by atoms with Gasteiger partial charge in [0.1, 0.15) is 0 Å². The third-order valence-electron chi connectivity index (χ3n) is 5.55. The van der Waals surface area contributed by atoms with Crippen molar-refractivity contribution in [2.75, 3.05) is 5.32 Å². The van der Waals surface area contributed by atoms with Crippen molar-refractivity contribution in [2.24, 2.45) is 10.8 Å². The van der Waals surface area contributed by atoms with Crippen LogP contribution in [0.4, 0.5) is 5.69 Å². The first-order chi connectivity index (χ1) is 9.73. The molecule has 1 aromatic carbocycles. The third-order valence-corrected chi connectivity index (χ3v) is 6.08. The van der Waals surface area contributed by atoms with E-state index in [-0.39, 0.29) is 11.9 Å². The molecule has 21 heavy (non-hydrogen) atoms. The Morgan fingerprint density at radius 1 is 1.19 bits per heavy atom. The lowest BCUT2D eigenvalue weighted by Gasteiger charge is -2.35. The predicted molar refractivity (Wildman–Crippen MR) is 82.7 cm³/mol. The fraction of sp³-hybridized carbons (Fsp3) is 0.500. The Bertz CT molecular complexity index is 625. The van der Waals surface area contributed by atoms with E-state index in [2.05, 4.69) is 21.2 Å². The van der Waals surface area contributed by atoms with Gasteiger partial charge in [0.25, 0.3) is 5.91 Å². The number of carbonyl (C=O) groups excluding carboxylic acids is 2. The van der Waals surface area contributed by atoms with Gasteiger partial charge in [0, 0.05) is 15.6 Å². The van der Waals surface area contributed by atoms with Gasteiger partial charge in [-0.25, -0.2) is 0 Å². The summed E-state index contributed by atoms with van der Waals surface area (Å²) in [4.78, 5) is 25.0. The zero-order valence-corrected chi connectivity index (χ0v) is 13.9. The van der Waals surface area contributed by atoms with E-state index in [1.54, 1.807) is 0 Å². The van der Waals surface area contributed by atoms with Gasteiger partial charge in [0.05, 0.1) is 5.41 Å². The smallest absolute Gasteiger partial charge is 0.313 e. The topological polar surface area (TPSA) is 55.4 Å². The van der Waals surface area contributed by atoms with Gasteiger partial charge < -0.3 is 10.1 Å². The second-order valence-electron chi connectivity index (χ2n) is 6.63. The number of esters is 1. The van der Waals surface area contributed by atoms with Gasteiger partial charge in [-0.15, -0.1) is 0 Å². The van der Waals surface area contributed by atoms with Crippen LogP contribution in [0.25, 0.3) is 0 Å². The summed E-state index contributed by atoms with van der Waals surface area (Å²) in [6.07, 6.45) is 1.26. The molecule has 4 nitrogen and oxygen atoms in total. The van der Waals surface area contributed by atoms with Crippen LogP contribution < -0.4 is 5.32 Å². The maximum Gasteiger partial charge on any atom is 0.313 e. The van der Waals surface area contributed by atoms with Crippen LogP contribution >= 0.6 is 15.9 Å². The van der Waals surface area contributed by atoms with E-state index in [4.69, 9.17) is 4.74 Å². The SMILES string of the molecule is CC1(C)[C@@]2(C)CC[C@]1(C(=O)Nc1ccc(Br)cc1)OC2=O. The van der Waals surface area contributed by atoms with Gasteiger partial charge in [-0.05, 0) is 44.0 Å². The fourth-order valence-electron chi connectivity index (χ4n) is 3.51. The summed E-state index contributed by atoms with van der Waals surface area (Å²) in [6, 6.07) is 7.35. The van der Waals surface area contributed by atoms with Crippen molar-refractivity contribution in [1.82, 2.24) is 0 Å². The molecular weight excluding hydrogens is 334 g/mol. The van der Waals surface area contributed by atoms with Crippen molar-refractivity contribution >= 4 is 33.5 Å². The number of anilines is 1. The number of hydrogen-bond donors (Lipinski definition) is 1. The van der Waals surface area contributed by atoms with Crippen molar-refractivity contribution in [3.8, 4) is 0 Å². The maximum atomic E-state index is 12.8. The molecule has 1 heterocycles. The summed E-state index contributed by atoms with van der Waals surface area (Å²) < 4.78 is 6.51. The Kier molecular flexibility index (Phi) is 3.00. The van der Waals surface area contributed by atoms with Crippen LogP contribution in [0, 0.1) is 10.8 Å². The standard InChI is InChI=1S/C16H18BrNO3/c1-14(2)15(3)8-9-16(14,21-13(15)20)12(19)18-11-6-4-10(17)5-7-11/h4-7H,8-9H2,1-3H3,(H,18,19)/t15-,16+/m0/s1. The Hall–Kier alpha value is -1.36. The van der Waals surface area contributed by atoms with Crippen LogP contribution in [0.2, 0.25) is 0 Å². The molecule has 2 fully saturated rings. The molecule has 1 saturated carbocycles. The molecule has 5 heteroatoms. The van der Waals surface area contributed by atoms with Crippen LogP contribution in [-0.4, -0.2) is 17.5 Å². The highest BCUT2D eigenvalue weighted by molar-refractivity contribution is 9.10. The molecule has 1 aliphatic carbocycles. The highest BCUT2D eigenvalue weighted by atomic mass is 79.9. The van der Waals surface area contributed by atoms with Crippen molar-refractivity contribution < 1.29 is 14.3 Å². The molecule has 2 aliphatic rings. The molecule has 1 aromatic rings. The zero-order valence-electron chi connectivity index (χ0n) is 12.3. The average molecular weight is 352 g/mol. The minimum Gasteiger partial charge on any atom is -0.448 e. The molecule has 2 atom stereocenters. The number of halogens is 1. The first-order valence-electron chi connectivity index (χ1n) is 7.03. The fourth-order valence-corrected chi connectivity index (χ4v) is 3.78. The monoisotopic (exact) mass is 351 g/mol. The van der Waals surface area contributed by atoms with E-state index in [1.807, 2.05) is 45.0 Å². The molecule has 0 radical (unpaired) electrons. The van der Waals surface area contributed by atoms with Crippen LogP contribution in [0.3, 0.4) is 0 Å². The highest BCUT2D eigenvalue weighted by Gasteiger charge is 2.75. The predicted octanol–water partition coefficient (Wildman–Crippen LogP) is 3.51. The van der Waals surface area contributed by atoms with Crippen molar-refractivity contribution in [3.05, 3.63) is 28.7 Å². The number of nitrogens with one attached hydrogen (secondary N) is 1. The molecule has 2 bridgehead atoms. The number of carbonyl (C=O) groups is 2. The highest BCUT2D eigenvalue weighted by Crippen LogP contribution is 2.65. The molecular formula is C16H18BrNO3. The largest absolute Gasteiger partial charge is 0.448 e. The van der Waals surface area contributed by atoms with Crippen LogP contribution in [0.5, 0.6) is 0 Å². The third kappa shape index (κ3) is 1.73. The van der Waals surface area contributed by atoms with E-state index >= 15 is 0 Å². The summed E-state index contributed by atoms with van der Waals surface area (Å²) in [5.74, 6) is -0.492. The molecule has 1 N–H and O–H groups in total. The molecule has 0 aromatic heterocycles. The number of benzene rings is 1. The number of ether oxygens (including phenoxy) is 1. The van der Waals surface area contributed by atoms with E-state index < -0.39 is 16.4 Å². The Morgan fingerprint density at radius 2 is 1.81 bits per heavy atom. The molecule has 0 unspecified atom stereocenters. The molecule has 1 saturated heterocycles. The van der Waals surface area contributed by atoms with E-state index in [1.165, 1.54) is 0 Å². The second-order valence-corrected chi connectivity index (χ2v) is 7.55. The molecule has 0 spiro atoms. The van der Waals surface area contributed by atoms with Gasteiger partial charge >= 0.3 is 5.97 Å². The quantitative estimate of drug-likeness (QED) is 0.829. The summed E-state index contributed by atoms with van der Waals surface area (Å²) >= 11 is 3.36. The van der Waals surface area contributed by atoms with Crippen LogP contribution in [0.15, 0.2) is 28.7 Å². The van der Waals surface area contributed by atoms with E-state index in [9.17, 15) is 9.59 Å². The Morgan fingerprint density at radius 3 is 2.29 bits per heavy atom. The van der Waals surface area contributed by atoms with Gasteiger partial charge in [-0.3, -0.25) is 9.59 Å². The maximum absolute atomic E-state index is 12.8. The number of amides is 1. The number of fused-ring (bicyclic) bond motifs is 2. The van der Waals surface area contributed by atoms with Gasteiger partial charge in [0.2, 0.25) is 0 Å². The minimum atomic E-state index is -1.06. The lowest BCUT2D eigenvalue weighted by atomic mass is 9.66. The normalized spacial score (nSPS) is 32.9.